The minimum atomic E-state index is -0.252. The van der Waals surface area contributed by atoms with Crippen LogP contribution in [0.1, 0.15) is 37.1 Å². The second-order valence-corrected chi connectivity index (χ2v) is 4.68. The van der Waals surface area contributed by atoms with E-state index in [1.807, 2.05) is 19.9 Å². The fourth-order valence-corrected chi connectivity index (χ4v) is 2.14. The average Bonchev–Trinajstić information content (AvgIpc) is 2.39. The molecule has 0 aliphatic rings. The number of nitrogens with one attached hydrogen (secondary N) is 1. The highest BCUT2D eigenvalue weighted by atomic mass is 19.1. The maximum absolute atomic E-state index is 13.7. The predicted octanol–water partition coefficient (Wildman–Crippen LogP) is 4.38. The van der Waals surface area contributed by atoms with Crippen molar-refractivity contribution in [3.8, 4) is 0 Å². The molecule has 0 spiro atoms. The molecule has 0 aromatic heterocycles. The highest BCUT2D eigenvalue weighted by Gasteiger charge is 2.13. The highest BCUT2D eigenvalue weighted by molar-refractivity contribution is 5.23. The molecule has 0 radical (unpaired) electrons. The van der Waals surface area contributed by atoms with Crippen molar-refractivity contribution >= 4 is 0 Å². The number of hydrogen-bond acceptors (Lipinski definition) is 1. The molecule has 0 fully saturated rings. The Morgan fingerprint density at radius 1 is 0.842 bits per heavy atom. The van der Waals surface area contributed by atoms with Gasteiger partial charge in [-0.2, -0.15) is 0 Å². The molecule has 2 rings (SSSR count). The van der Waals surface area contributed by atoms with Crippen molar-refractivity contribution in [1.82, 2.24) is 5.32 Å². The normalized spacial score (nSPS) is 14.1. The number of rotatable bonds is 4. The summed E-state index contributed by atoms with van der Waals surface area (Å²) in [5.41, 5.74) is 1.61. The van der Waals surface area contributed by atoms with Gasteiger partial charge in [0.1, 0.15) is 11.6 Å². The molecule has 1 N–H and O–H groups in total. The number of benzene rings is 2. The zero-order valence-corrected chi connectivity index (χ0v) is 11.0. The summed E-state index contributed by atoms with van der Waals surface area (Å²) < 4.78 is 26.5. The van der Waals surface area contributed by atoms with E-state index in [9.17, 15) is 8.78 Å². The molecule has 1 nitrogen and oxygen atoms in total. The lowest BCUT2D eigenvalue weighted by atomic mass is 10.0. The van der Waals surface area contributed by atoms with E-state index in [1.165, 1.54) is 18.2 Å². The third-order valence-electron chi connectivity index (χ3n) is 3.24. The van der Waals surface area contributed by atoms with Crippen LogP contribution in [0.2, 0.25) is 0 Å². The Kier molecular flexibility index (Phi) is 4.27. The van der Waals surface area contributed by atoms with Crippen molar-refractivity contribution in [2.75, 3.05) is 0 Å². The minimum absolute atomic E-state index is 0.0233. The molecule has 0 saturated carbocycles. The summed E-state index contributed by atoms with van der Waals surface area (Å²) in [6, 6.07) is 13.0. The van der Waals surface area contributed by atoms with Crippen LogP contribution < -0.4 is 5.32 Å². The van der Waals surface area contributed by atoms with Crippen LogP contribution in [0.3, 0.4) is 0 Å². The first-order valence-electron chi connectivity index (χ1n) is 6.34. The monoisotopic (exact) mass is 261 g/mol. The summed E-state index contributed by atoms with van der Waals surface area (Å²) in [7, 11) is 0. The maximum atomic E-state index is 13.7. The van der Waals surface area contributed by atoms with E-state index in [-0.39, 0.29) is 23.7 Å². The van der Waals surface area contributed by atoms with Gasteiger partial charge in [-0.15, -0.1) is 0 Å². The lowest BCUT2D eigenvalue weighted by molar-refractivity contribution is 0.473. The maximum Gasteiger partial charge on any atom is 0.127 e. The Hall–Kier alpha value is -1.74. The molecule has 0 amide bonds. The highest BCUT2D eigenvalue weighted by Crippen LogP contribution is 2.21. The van der Waals surface area contributed by atoms with E-state index >= 15 is 0 Å². The summed E-state index contributed by atoms with van der Waals surface area (Å²) in [5.74, 6) is -0.466. The van der Waals surface area contributed by atoms with Crippen LogP contribution in [-0.2, 0) is 0 Å². The largest absolute Gasteiger partial charge is 0.304 e. The van der Waals surface area contributed by atoms with Crippen LogP contribution >= 0.6 is 0 Å². The van der Waals surface area contributed by atoms with Gasteiger partial charge in [0, 0.05) is 17.6 Å². The summed E-state index contributed by atoms with van der Waals surface area (Å²) in [6.45, 7) is 3.89. The molecule has 2 aromatic rings. The van der Waals surface area contributed by atoms with Crippen LogP contribution in [0, 0.1) is 11.6 Å². The number of halogens is 2. The molecule has 3 heteroatoms. The summed E-state index contributed by atoms with van der Waals surface area (Å²) in [6.07, 6.45) is 0. The van der Waals surface area contributed by atoms with Crippen LogP contribution in [0.4, 0.5) is 8.78 Å². The van der Waals surface area contributed by atoms with Crippen LogP contribution in [0.5, 0.6) is 0 Å². The Morgan fingerprint density at radius 3 is 2.11 bits per heavy atom. The van der Waals surface area contributed by atoms with E-state index in [0.29, 0.717) is 5.56 Å². The molecule has 0 saturated heterocycles. The van der Waals surface area contributed by atoms with Gasteiger partial charge in [-0.25, -0.2) is 8.78 Å². The van der Waals surface area contributed by atoms with Crippen molar-refractivity contribution in [1.29, 1.82) is 0 Å². The van der Waals surface area contributed by atoms with Crippen molar-refractivity contribution in [3.05, 3.63) is 71.3 Å². The van der Waals surface area contributed by atoms with Gasteiger partial charge in [-0.3, -0.25) is 0 Å². The molecular weight excluding hydrogens is 244 g/mol. The van der Waals surface area contributed by atoms with Crippen molar-refractivity contribution in [2.45, 2.75) is 25.9 Å². The zero-order chi connectivity index (χ0) is 13.8. The SMILES string of the molecule is CC(N[C@H](C)c1ccccc1F)c1ccc(F)cc1. The topological polar surface area (TPSA) is 12.0 Å². The summed E-state index contributed by atoms with van der Waals surface area (Å²) >= 11 is 0. The molecule has 19 heavy (non-hydrogen) atoms. The molecule has 2 aromatic carbocycles. The Balaban J connectivity index is 2.08. The molecule has 0 aliphatic carbocycles. The van der Waals surface area contributed by atoms with E-state index < -0.39 is 0 Å². The van der Waals surface area contributed by atoms with Gasteiger partial charge in [-0.1, -0.05) is 30.3 Å². The van der Waals surface area contributed by atoms with Crippen LogP contribution in [-0.4, -0.2) is 0 Å². The van der Waals surface area contributed by atoms with Crippen LogP contribution in [0.15, 0.2) is 48.5 Å². The first-order chi connectivity index (χ1) is 9.08. The molecule has 2 atom stereocenters. The van der Waals surface area contributed by atoms with Gasteiger partial charge >= 0.3 is 0 Å². The van der Waals surface area contributed by atoms with E-state index in [1.54, 1.807) is 24.3 Å². The first kappa shape index (κ1) is 13.7. The molecule has 0 aliphatic heterocycles. The zero-order valence-electron chi connectivity index (χ0n) is 11.0. The average molecular weight is 261 g/mol. The number of hydrogen-bond donors (Lipinski definition) is 1. The molecule has 100 valence electrons. The first-order valence-corrected chi connectivity index (χ1v) is 6.34. The Morgan fingerprint density at radius 2 is 1.47 bits per heavy atom. The lowest BCUT2D eigenvalue weighted by Crippen LogP contribution is -2.23. The summed E-state index contributed by atoms with van der Waals surface area (Å²) in [4.78, 5) is 0. The van der Waals surface area contributed by atoms with E-state index in [0.717, 1.165) is 5.56 Å². The predicted molar refractivity (Wildman–Crippen MR) is 72.8 cm³/mol. The third kappa shape index (κ3) is 3.38. The van der Waals surface area contributed by atoms with Gasteiger partial charge in [-0.05, 0) is 37.6 Å². The second-order valence-electron chi connectivity index (χ2n) is 4.68. The van der Waals surface area contributed by atoms with Gasteiger partial charge in [0.2, 0.25) is 0 Å². The Labute approximate surface area is 112 Å². The second kappa shape index (κ2) is 5.93. The van der Waals surface area contributed by atoms with E-state index in [4.69, 9.17) is 0 Å². The molecule has 0 bridgehead atoms. The van der Waals surface area contributed by atoms with Gasteiger partial charge in [0.25, 0.3) is 0 Å². The minimum Gasteiger partial charge on any atom is -0.304 e. The molecule has 1 unspecified atom stereocenters. The van der Waals surface area contributed by atoms with Crippen molar-refractivity contribution < 1.29 is 8.78 Å². The van der Waals surface area contributed by atoms with Gasteiger partial charge < -0.3 is 5.32 Å². The third-order valence-corrected chi connectivity index (χ3v) is 3.24. The smallest absolute Gasteiger partial charge is 0.127 e. The van der Waals surface area contributed by atoms with Crippen molar-refractivity contribution in [2.24, 2.45) is 0 Å². The fourth-order valence-electron chi connectivity index (χ4n) is 2.14. The summed E-state index contributed by atoms with van der Waals surface area (Å²) in [5, 5.41) is 3.31. The van der Waals surface area contributed by atoms with E-state index in [2.05, 4.69) is 5.32 Å². The van der Waals surface area contributed by atoms with Gasteiger partial charge in [0.15, 0.2) is 0 Å². The fraction of sp³-hybridized carbons (Fsp3) is 0.250. The molecule has 0 heterocycles. The van der Waals surface area contributed by atoms with Crippen molar-refractivity contribution in [3.63, 3.8) is 0 Å². The lowest BCUT2D eigenvalue weighted by Gasteiger charge is -2.21. The molecular formula is C16H17F2N. The van der Waals surface area contributed by atoms with Gasteiger partial charge in [0.05, 0.1) is 0 Å². The standard InChI is InChI=1S/C16H17F2N/c1-11(13-7-9-14(17)10-8-13)19-12(2)15-5-3-4-6-16(15)18/h3-12,19H,1-2H3/t11?,12-/m1/s1. The quantitative estimate of drug-likeness (QED) is 0.861. The Bertz CT molecular complexity index is 537. The van der Waals surface area contributed by atoms with Crippen LogP contribution in [0.25, 0.3) is 0 Å².